The smallest absolute Gasteiger partial charge is 0.187 e. The van der Waals surface area contributed by atoms with Crippen molar-refractivity contribution in [3.05, 3.63) is 64.8 Å². The highest BCUT2D eigenvalue weighted by Crippen LogP contribution is 2.30. The van der Waals surface area contributed by atoms with Crippen molar-refractivity contribution in [2.75, 3.05) is 0 Å². The summed E-state index contributed by atoms with van der Waals surface area (Å²) in [4.78, 5) is 12.5. The molecule has 0 aromatic heterocycles. The molecule has 0 atom stereocenters. The molecule has 0 fully saturated rings. The Balaban J connectivity index is 1.99. The van der Waals surface area contributed by atoms with Crippen LogP contribution in [-0.4, -0.2) is 11.3 Å². The molecule has 0 spiro atoms. The maximum Gasteiger partial charge on any atom is 0.187 e. The average Bonchev–Trinajstić information content (AvgIpc) is 2.46. The van der Waals surface area contributed by atoms with Crippen LogP contribution in [0.5, 0.6) is 0 Å². The van der Waals surface area contributed by atoms with E-state index in [4.69, 9.17) is 0 Å². The van der Waals surface area contributed by atoms with E-state index in [1.165, 1.54) is 11.1 Å². The number of hydrogen-bond acceptors (Lipinski definition) is 2. The number of aryl methyl sites for hydroxylation is 1. The van der Waals surface area contributed by atoms with Gasteiger partial charge in [0.2, 0.25) is 0 Å². The van der Waals surface area contributed by atoms with Gasteiger partial charge in [-0.05, 0) is 45.6 Å². The fraction of sp³-hybridized carbons (Fsp3) is 0.350. The molecule has 0 amide bonds. The first kappa shape index (κ1) is 14.8. The Kier molecular flexibility index (Phi) is 3.78. The van der Waals surface area contributed by atoms with Gasteiger partial charge in [0, 0.05) is 28.4 Å². The predicted octanol–water partition coefficient (Wildman–Crippen LogP) is 4.11. The van der Waals surface area contributed by atoms with E-state index in [-0.39, 0.29) is 11.3 Å². The third kappa shape index (κ3) is 3.06. The van der Waals surface area contributed by atoms with Gasteiger partial charge < -0.3 is 5.32 Å². The standard InChI is InChI=1S/C20H23NO/c1-14-9-10-17-16(11-14)13-20(2,3)21-18(17)12-19(22)15-7-5-4-6-8-15/h5,7-12,21H,4,6,13H2,1-3H3/b18-12-. The van der Waals surface area contributed by atoms with Gasteiger partial charge in [-0.2, -0.15) is 0 Å². The van der Waals surface area contributed by atoms with Crippen molar-refractivity contribution in [2.45, 2.75) is 45.6 Å². The maximum atomic E-state index is 12.5. The number of carbonyl (C=O) groups is 1. The number of hydrogen-bond donors (Lipinski definition) is 1. The van der Waals surface area contributed by atoms with Crippen molar-refractivity contribution in [1.29, 1.82) is 0 Å². The van der Waals surface area contributed by atoms with Crippen LogP contribution >= 0.6 is 0 Å². The quantitative estimate of drug-likeness (QED) is 0.832. The molecular formula is C20H23NO. The van der Waals surface area contributed by atoms with Gasteiger partial charge in [0.05, 0.1) is 0 Å². The van der Waals surface area contributed by atoms with Crippen LogP contribution in [0.15, 0.2) is 48.1 Å². The maximum absolute atomic E-state index is 12.5. The summed E-state index contributed by atoms with van der Waals surface area (Å²) < 4.78 is 0. The molecule has 3 rings (SSSR count). The second-order valence-corrected chi connectivity index (χ2v) is 6.91. The summed E-state index contributed by atoms with van der Waals surface area (Å²) in [6, 6.07) is 6.46. The zero-order valence-corrected chi connectivity index (χ0v) is 13.6. The number of rotatable bonds is 2. The molecule has 1 aliphatic carbocycles. The van der Waals surface area contributed by atoms with E-state index in [1.807, 2.05) is 12.2 Å². The fourth-order valence-corrected chi connectivity index (χ4v) is 3.21. The molecule has 0 bridgehead atoms. The molecule has 114 valence electrons. The van der Waals surface area contributed by atoms with Crippen molar-refractivity contribution < 1.29 is 4.79 Å². The summed E-state index contributed by atoms with van der Waals surface area (Å²) in [7, 11) is 0. The largest absolute Gasteiger partial charge is 0.379 e. The molecule has 2 nitrogen and oxygen atoms in total. The van der Waals surface area contributed by atoms with Crippen molar-refractivity contribution >= 4 is 11.5 Å². The molecule has 0 saturated carbocycles. The van der Waals surface area contributed by atoms with Crippen LogP contribution in [0, 0.1) is 6.92 Å². The van der Waals surface area contributed by atoms with Crippen LogP contribution in [0.4, 0.5) is 0 Å². The number of ketones is 1. The predicted molar refractivity (Wildman–Crippen MR) is 91.5 cm³/mol. The molecule has 0 saturated heterocycles. The monoisotopic (exact) mass is 293 g/mol. The van der Waals surface area contributed by atoms with Crippen LogP contribution in [0.25, 0.3) is 5.70 Å². The molecular weight excluding hydrogens is 270 g/mol. The van der Waals surface area contributed by atoms with Crippen LogP contribution in [0.2, 0.25) is 0 Å². The first-order chi connectivity index (χ1) is 10.4. The van der Waals surface area contributed by atoms with Gasteiger partial charge in [-0.25, -0.2) is 0 Å². The van der Waals surface area contributed by atoms with Gasteiger partial charge in [-0.3, -0.25) is 4.79 Å². The Labute approximate surface area is 132 Å². The molecule has 22 heavy (non-hydrogen) atoms. The third-order valence-electron chi connectivity index (χ3n) is 4.21. The lowest BCUT2D eigenvalue weighted by atomic mass is 9.84. The summed E-state index contributed by atoms with van der Waals surface area (Å²) in [5.74, 6) is 0.0858. The zero-order chi connectivity index (χ0) is 15.7. The van der Waals surface area contributed by atoms with E-state index in [0.29, 0.717) is 0 Å². The SMILES string of the molecule is Cc1ccc2c(c1)CC(C)(C)N/C2=C\C(=O)C1=CCCC=C1. The molecule has 2 aliphatic rings. The number of allylic oxidation sites excluding steroid dienone is 5. The second-order valence-electron chi connectivity index (χ2n) is 6.91. The van der Waals surface area contributed by atoms with Gasteiger partial charge in [0.15, 0.2) is 5.78 Å². The minimum atomic E-state index is -0.0380. The summed E-state index contributed by atoms with van der Waals surface area (Å²) in [5, 5.41) is 3.53. The van der Waals surface area contributed by atoms with Crippen molar-refractivity contribution in [2.24, 2.45) is 0 Å². The Bertz CT molecular complexity index is 704. The van der Waals surface area contributed by atoms with Gasteiger partial charge in [-0.15, -0.1) is 0 Å². The van der Waals surface area contributed by atoms with E-state index >= 15 is 0 Å². The highest BCUT2D eigenvalue weighted by Gasteiger charge is 2.28. The lowest BCUT2D eigenvalue weighted by Gasteiger charge is -2.35. The van der Waals surface area contributed by atoms with Crippen LogP contribution < -0.4 is 5.32 Å². The number of nitrogens with one attached hydrogen (secondary N) is 1. The average molecular weight is 293 g/mol. The molecule has 0 radical (unpaired) electrons. The Morgan fingerprint density at radius 1 is 1.27 bits per heavy atom. The summed E-state index contributed by atoms with van der Waals surface area (Å²) in [6.45, 7) is 6.47. The van der Waals surface area contributed by atoms with E-state index in [9.17, 15) is 4.79 Å². The van der Waals surface area contributed by atoms with E-state index in [0.717, 1.165) is 36.1 Å². The zero-order valence-electron chi connectivity index (χ0n) is 13.6. The summed E-state index contributed by atoms with van der Waals surface area (Å²) >= 11 is 0. The van der Waals surface area contributed by atoms with E-state index in [2.05, 4.69) is 50.4 Å². The van der Waals surface area contributed by atoms with Gasteiger partial charge in [0.25, 0.3) is 0 Å². The summed E-state index contributed by atoms with van der Waals surface area (Å²) in [5.41, 5.74) is 5.44. The highest BCUT2D eigenvalue weighted by molar-refractivity contribution is 6.10. The molecule has 1 heterocycles. The normalized spacial score (nSPS) is 21.0. The molecule has 2 heteroatoms. The first-order valence-electron chi connectivity index (χ1n) is 7.95. The van der Waals surface area contributed by atoms with Crippen molar-refractivity contribution in [3.63, 3.8) is 0 Å². The van der Waals surface area contributed by atoms with Gasteiger partial charge >= 0.3 is 0 Å². The fourth-order valence-electron chi connectivity index (χ4n) is 3.21. The molecule has 1 aromatic rings. The van der Waals surface area contributed by atoms with Crippen LogP contribution in [-0.2, 0) is 11.2 Å². The van der Waals surface area contributed by atoms with Crippen molar-refractivity contribution in [3.8, 4) is 0 Å². The minimum absolute atomic E-state index is 0.0380. The summed E-state index contributed by atoms with van der Waals surface area (Å²) in [6.07, 6.45) is 10.8. The van der Waals surface area contributed by atoms with Crippen LogP contribution in [0.3, 0.4) is 0 Å². The highest BCUT2D eigenvalue weighted by atomic mass is 16.1. The van der Waals surface area contributed by atoms with Crippen LogP contribution in [0.1, 0.15) is 43.4 Å². The number of carbonyl (C=O) groups excluding carboxylic acids is 1. The van der Waals surface area contributed by atoms with E-state index < -0.39 is 0 Å². The Morgan fingerprint density at radius 3 is 2.82 bits per heavy atom. The van der Waals surface area contributed by atoms with Gasteiger partial charge in [-0.1, -0.05) is 42.0 Å². The lowest BCUT2D eigenvalue weighted by Crippen LogP contribution is -2.43. The molecule has 1 aromatic carbocycles. The lowest BCUT2D eigenvalue weighted by molar-refractivity contribution is -0.111. The van der Waals surface area contributed by atoms with Gasteiger partial charge in [0.1, 0.15) is 0 Å². The number of benzene rings is 1. The topological polar surface area (TPSA) is 29.1 Å². The Hall–Kier alpha value is -2.09. The Morgan fingerprint density at radius 2 is 2.09 bits per heavy atom. The second kappa shape index (κ2) is 5.60. The molecule has 1 aliphatic heterocycles. The molecule has 1 N–H and O–H groups in total. The third-order valence-corrected chi connectivity index (χ3v) is 4.21. The minimum Gasteiger partial charge on any atom is -0.379 e. The first-order valence-corrected chi connectivity index (χ1v) is 7.95. The molecule has 0 unspecified atom stereocenters. The van der Waals surface area contributed by atoms with Crippen molar-refractivity contribution in [1.82, 2.24) is 5.32 Å². The van der Waals surface area contributed by atoms with E-state index in [1.54, 1.807) is 6.08 Å². The number of fused-ring (bicyclic) bond motifs is 1.